The van der Waals surface area contributed by atoms with Crippen LogP contribution in [-0.2, 0) is 11.3 Å². The normalized spacial score (nSPS) is 16.1. The zero-order valence-corrected chi connectivity index (χ0v) is 15.6. The monoisotopic (exact) mass is 413 g/mol. The first kappa shape index (κ1) is 18.1. The number of imide groups is 1. The topological polar surface area (TPSA) is 57.6 Å². The molecule has 4 nitrogen and oxygen atoms in total. The predicted octanol–water partition coefficient (Wildman–Crippen LogP) is 5.59. The summed E-state index contributed by atoms with van der Waals surface area (Å²) in [5, 5.41) is 9.82. The standard InChI is InChI=1S/C17H10Cl3NO3S/c18-11-4-2-1-3-10(11)8-21-16(23)14(25-17(21)24)7-9-5-12(19)15(22)13(20)6-9/h1-7,22H,8H2/b14-7-. The molecule has 0 aliphatic carbocycles. The fourth-order valence-corrected chi connectivity index (χ4v) is 3.79. The van der Waals surface area contributed by atoms with Gasteiger partial charge in [0, 0.05) is 5.02 Å². The molecule has 25 heavy (non-hydrogen) atoms. The summed E-state index contributed by atoms with van der Waals surface area (Å²) in [5.74, 6) is -0.650. The van der Waals surface area contributed by atoms with Crippen molar-refractivity contribution in [2.24, 2.45) is 0 Å². The number of rotatable bonds is 3. The Kier molecular flexibility index (Phi) is 5.29. The van der Waals surface area contributed by atoms with Crippen molar-refractivity contribution in [2.75, 3.05) is 0 Å². The summed E-state index contributed by atoms with van der Waals surface area (Å²) < 4.78 is 0. The Balaban J connectivity index is 1.87. The van der Waals surface area contributed by atoms with Crippen molar-refractivity contribution in [3.63, 3.8) is 0 Å². The average molecular weight is 415 g/mol. The molecule has 0 bridgehead atoms. The molecule has 0 saturated carbocycles. The minimum Gasteiger partial charge on any atom is -0.505 e. The highest BCUT2D eigenvalue weighted by atomic mass is 35.5. The summed E-state index contributed by atoms with van der Waals surface area (Å²) in [7, 11) is 0. The second-order valence-corrected chi connectivity index (χ2v) is 7.41. The van der Waals surface area contributed by atoms with Crippen LogP contribution in [0.25, 0.3) is 6.08 Å². The van der Waals surface area contributed by atoms with Crippen LogP contribution >= 0.6 is 46.6 Å². The quantitative estimate of drug-likeness (QED) is 0.665. The molecule has 0 radical (unpaired) electrons. The van der Waals surface area contributed by atoms with Crippen molar-refractivity contribution in [1.82, 2.24) is 4.90 Å². The van der Waals surface area contributed by atoms with E-state index in [1.54, 1.807) is 24.3 Å². The molecule has 1 aliphatic heterocycles. The highest BCUT2D eigenvalue weighted by molar-refractivity contribution is 8.18. The molecule has 128 valence electrons. The number of phenolic OH excluding ortho intramolecular Hbond substituents is 1. The minimum atomic E-state index is -0.421. The molecular formula is C17H10Cl3NO3S. The third kappa shape index (κ3) is 3.80. The first-order valence-electron chi connectivity index (χ1n) is 7.03. The van der Waals surface area contributed by atoms with Crippen LogP contribution in [0.3, 0.4) is 0 Å². The van der Waals surface area contributed by atoms with Crippen LogP contribution in [-0.4, -0.2) is 21.2 Å². The van der Waals surface area contributed by atoms with E-state index >= 15 is 0 Å². The lowest BCUT2D eigenvalue weighted by Gasteiger charge is -2.13. The van der Waals surface area contributed by atoms with Gasteiger partial charge in [-0.1, -0.05) is 53.0 Å². The number of aromatic hydroxyl groups is 1. The van der Waals surface area contributed by atoms with Gasteiger partial charge in [-0.15, -0.1) is 0 Å². The van der Waals surface area contributed by atoms with Gasteiger partial charge in [-0.05, 0) is 47.2 Å². The molecular weight excluding hydrogens is 405 g/mol. The number of phenols is 1. The lowest BCUT2D eigenvalue weighted by molar-refractivity contribution is -0.123. The summed E-state index contributed by atoms with van der Waals surface area (Å²) in [6, 6.07) is 9.95. The Bertz CT molecular complexity index is 891. The summed E-state index contributed by atoms with van der Waals surface area (Å²) in [6.45, 7) is 0.0960. The van der Waals surface area contributed by atoms with E-state index in [1.165, 1.54) is 18.2 Å². The first-order valence-corrected chi connectivity index (χ1v) is 8.98. The molecule has 1 N–H and O–H groups in total. The molecule has 0 spiro atoms. The van der Waals surface area contributed by atoms with E-state index in [-0.39, 0.29) is 32.5 Å². The van der Waals surface area contributed by atoms with Crippen molar-refractivity contribution in [3.05, 3.63) is 67.5 Å². The third-order valence-corrected chi connectivity index (χ3v) is 5.35. The third-order valence-electron chi connectivity index (χ3n) is 3.50. The molecule has 2 amide bonds. The van der Waals surface area contributed by atoms with Crippen molar-refractivity contribution >= 4 is 63.8 Å². The van der Waals surface area contributed by atoms with Crippen LogP contribution in [0.4, 0.5) is 4.79 Å². The number of benzene rings is 2. The highest BCUT2D eigenvalue weighted by Gasteiger charge is 2.35. The number of halogens is 3. The Morgan fingerprint density at radius 3 is 2.32 bits per heavy atom. The molecule has 0 unspecified atom stereocenters. The number of carbonyl (C=O) groups excluding carboxylic acids is 2. The molecule has 0 aromatic heterocycles. The van der Waals surface area contributed by atoms with Crippen LogP contribution in [0.2, 0.25) is 15.1 Å². The van der Waals surface area contributed by atoms with Gasteiger partial charge in [-0.25, -0.2) is 0 Å². The van der Waals surface area contributed by atoms with Crippen LogP contribution in [0, 0.1) is 0 Å². The summed E-state index contributed by atoms with van der Waals surface area (Å²) in [5.41, 5.74) is 1.19. The van der Waals surface area contributed by atoms with Gasteiger partial charge < -0.3 is 5.11 Å². The fraction of sp³-hybridized carbons (Fsp3) is 0.0588. The molecule has 2 aromatic rings. The number of nitrogens with zero attached hydrogens (tertiary/aromatic N) is 1. The maximum atomic E-state index is 12.5. The lowest BCUT2D eigenvalue weighted by atomic mass is 10.2. The van der Waals surface area contributed by atoms with Crippen LogP contribution in [0.1, 0.15) is 11.1 Å². The van der Waals surface area contributed by atoms with E-state index in [2.05, 4.69) is 0 Å². The predicted molar refractivity (Wildman–Crippen MR) is 101 cm³/mol. The van der Waals surface area contributed by atoms with Crippen molar-refractivity contribution in [2.45, 2.75) is 6.54 Å². The van der Waals surface area contributed by atoms with Gasteiger partial charge >= 0.3 is 0 Å². The number of carbonyl (C=O) groups is 2. The van der Waals surface area contributed by atoms with Gasteiger partial charge in [0.15, 0.2) is 5.75 Å². The smallest absolute Gasteiger partial charge is 0.293 e. The van der Waals surface area contributed by atoms with E-state index in [0.717, 1.165) is 16.7 Å². The Hall–Kier alpha value is -1.66. The highest BCUT2D eigenvalue weighted by Crippen LogP contribution is 2.37. The van der Waals surface area contributed by atoms with Gasteiger partial charge in [0.2, 0.25) is 0 Å². The largest absolute Gasteiger partial charge is 0.505 e. The summed E-state index contributed by atoms with van der Waals surface area (Å²) >= 11 is 18.7. The van der Waals surface area contributed by atoms with Gasteiger partial charge in [0.25, 0.3) is 11.1 Å². The molecule has 3 rings (SSSR count). The molecule has 1 saturated heterocycles. The van der Waals surface area contributed by atoms with E-state index in [1.807, 2.05) is 0 Å². The Labute approximate surface area is 163 Å². The zero-order chi connectivity index (χ0) is 18.1. The lowest BCUT2D eigenvalue weighted by Crippen LogP contribution is -2.27. The van der Waals surface area contributed by atoms with Crippen LogP contribution < -0.4 is 0 Å². The zero-order valence-electron chi connectivity index (χ0n) is 12.5. The fourth-order valence-electron chi connectivity index (χ4n) is 2.25. The molecule has 2 aromatic carbocycles. The molecule has 1 fully saturated rings. The number of thioether (sulfide) groups is 1. The number of amides is 2. The minimum absolute atomic E-state index is 0.0639. The van der Waals surface area contributed by atoms with Crippen LogP contribution in [0.15, 0.2) is 41.3 Å². The Morgan fingerprint density at radius 1 is 1.04 bits per heavy atom. The molecule has 0 atom stereocenters. The van der Waals surface area contributed by atoms with E-state index in [4.69, 9.17) is 34.8 Å². The molecule has 8 heteroatoms. The van der Waals surface area contributed by atoms with Gasteiger partial charge in [0.05, 0.1) is 21.5 Å². The second-order valence-electron chi connectivity index (χ2n) is 5.19. The van der Waals surface area contributed by atoms with E-state index in [9.17, 15) is 14.7 Å². The van der Waals surface area contributed by atoms with Gasteiger partial charge in [-0.2, -0.15) is 0 Å². The summed E-state index contributed by atoms with van der Waals surface area (Å²) in [6.07, 6.45) is 1.51. The second kappa shape index (κ2) is 7.30. The van der Waals surface area contributed by atoms with E-state index < -0.39 is 5.91 Å². The number of hydrogen-bond donors (Lipinski definition) is 1. The first-order chi connectivity index (χ1) is 11.9. The van der Waals surface area contributed by atoms with Gasteiger partial charge in [0.1, 0.15) is 0 Å². The van der Waals surface area contributed by atoms with Crippen molar-refractivity contribution in [1.29, 1.82) is 0 Å². The molecule has 1 aliphatic rings. The van der Waals surface area contributed by atoms with Crippen LogP contribution in [0.5, 0.6) is 5.75 Å². The van der Waals surface area contributed by atoms with E-state index in [0.29, 0.717) is 16.1 Å². The maximum Gasteiger partial charge on any atom is 0.293 e. The average Bonchev–Trinajstić information content (AvgIpc) is 2.82. The maximum absolute atomic E-state index is 12.5. The number of hydrogen-bond acceptors (Lipinski definition) is 4. The van der Waals surface area contributed by atoms with Gasteiger partial charge in [-0.3, -0.25) is 14.5 Å². The Morgan fingerprint density at radius 2 is 1.68 bits per heavy atom. The summed E-state index contributed by atoms with van der Waals surface area (Å²) in [4.78, 5) is 26.1. The SMILES string of the molecule is O=C1S/C(=C\c2cc(Cl)c(O)c(Cl)c2)C(=O)N1Cc1ccccc1Cl. The van der Waals surface area contributed by atoms with Crippen molar-refractivity contribution < 1.29 is 14.7 Å². The van der Waals surface area contributed by atoms with Crippen molar-refractivity contribution in [3.8, 4) is 5.75 Å². The molecule has 1 heterocycles.